The number of aliphatic carboxylic acids is 1. The van der Waals surface area contributed by atoms with Gasteiger partial charge in [-0.05, 0) is 13.8 Å². The Hall–Kier alpha value is -1.65. The highest BCUT2D eigenvalue weighted by Gasteiger charge is 2.11. The number of carboxylic acid groups (broad SMARTS) is 1. The van der Waals surface area contributed by atoms with Gasteiger partial charge in [-0.3, -0.25) is 9.36 Å². The normalized spacial score (nSPS) is 10.2. The molecular weight excluding hydrogens is 184 g/mol. The van der Waals surface area contributed by atoms with E-state index in [2.05, 4.69) is 4.98 Å². The van der Waals surface area contributed by atoms with Crippen LogP contribution in [0, 0.1) is 13.8 Å². The van der Waals surface area contributed by atoms with Crippen LogP contribution in [-0.4, -0.2) is 20.6 Å². The van der Waals surface area contributed by atoms with Crippen LogP contribution in [0.5, 0.6) is 0 Å². The van der Waals surface area contributed by atoms with E-state index < -0.39 is 5.97 Å². The van der Waals surface area contributed by atoms with Crippen LogP contribution in [0.15, 0.2) is 4.79 Å². The van der Waals surface area contributed by atoms with Crippen molar-refractivity contribution in [2.45, 2.75) is 20.3 Å². The third kappa shape index (κ3) is 1.81. The Balaban J connectivity index is 3.36. The fourth-order valence-electron chi connectivity index (χ4n) is 1.30. The van der Waals surface area contributed by atoms with Crippen molar-refractivity contribution in [2.75, 3.05) is 0 Å². The predicted molar refractivity (Wildman–Crippen MR) is 50.3 cm³/mol. The van der Waals surface area contributed by atoms with Crippen LogP contribution in [0.25, 0.3) is 0 Å². The van der Waals surface area contributed by atoms with Gasteiger partial charge in [0.1, 0.15) is 0 Å². The number of carboxylic acids is 1. The van der Waals surface area contributed by atoms with E-state index in [0.29, 0.717) is 17.0 Å². The highest BCUT2D eigenvalue weighted by atomic mass is 16.4. The van der Waals surface area contributed by atoms with Gasteiger partial charge >= 0.3 is 11.7 Å². The molecule has 1 aromatic rings. The van der Waals surface area contributed by atoms with Crippen molar-refractivity contribution in [2.24, 2.45) is 7.05 Å². The molecule has 76 valence electrons. The van der Waals surface area contributed by atoms with Crippen molar-refractivity contribution in [3.8, 4) is 0 Å². The van der Waals surface area contributed by atoms with E-state index in [9.17, 15) is 9.59 Å². The summed E-state index contributed by atoms with van der Waals surface area (Å²) in [6, 6.07) is 0. The highest BCUT2D eigenvalue weighted by Crippen LogP contribution is 2.08. The van der Waals surface area contributed by atoms with Crippen molar-refractivity contribution < 1.29 is 9.90 Å². The van der Waals surface area contributed by atoms with E-state index in [0.717, 1.165) is 0 Å². The van der Waals surface area contributed by atoms with E-state index in [1.807, 2.05) is 0 Å². The van der Waals surface area contributed by atoms with Crippen molar-refractivity contribution in [1.82, 2.24) is 9.55 Å². The van der Waals surface area contributed by atoms with Gasteiger partial charge < -0.3 is 5.11 Å². The SMILES string of the molecule is Cc1nc(=O)n(C)c(C)c1CC(=O)O. The summed E-state index contributed by atoms with van der Waals surface area (Å²) in [5, 5.41) is 8.66. The monoisotopic (exact) mass is 196 g/mol. The zero-order chi connectivity index (χ0) is 10.9. The summed E-state index contributed by atoms with van der Waals surface area (Å²) in [5.41, 5.74) is 1.41. The summed E-state index contributed by atoms with van der Waals surface area (Å²) in [4.78, 5) is 25.5. The van der Waals surface area contributed by atoms with Gasteiger partial charge in [-0.1, -0.05) is 0 Å². The first-order chi connectivity index (χ1) is 6.43. The summed E-state index contributed by atoms with van der Waals surface area (Å²) in [7, 11) is 1.58. The molecule has 0 saturated carbocycles. The first-order valence-corrected chi connectivity index (χ1v) is 4.18. The Morgan fingerprint density at radius 3 is 2.57 bits per heavy atom. The van der Waals surface area contributed by atoms with Gasteiger partial charge in [0.15, 0.2) is 0 Å². The molecule has 0 aliphatic heterocycles. The molecule has 1 heterocycles. The first-order valence-electron chi connectivity index (χ1n) is 4.18. The first kappa shape index (κ1) is 10.4. The number of aryl methyl sites for hydroxylation is 1. The number of rotatable bonds is 2. The second-order valence-corrected chi connectivity index (χ2v) is 3.17. The molecule has 0 aliphatic carbocycles. The topological polar surface area (TPSA) is 72.2 Å². The molecule has 0 unspecified atom stereocenters. The van der Waals surface area contributed by atoms with Crippen molar-refractivity contribution in [3.63, 3.8) is 0 Å². The summed E-state index contributed by atoms with van der Waals surface area (Å²) in [6.45, 7) is 3.36. The maximum atomic E-state index is 11.2. The summed E-state index contributed by atoms with van der Waals surface area (Å²) >= 11 is 0. The van der Waals surface area contributed by atoms with Crippen LogP contribution in [0.4, 0.5) is 0 Å². The number of hydrogen-bond acceptors (Lipinski definition) is 3. The third-order valence-corrected chi connectivity index (χ3v) is 2.25. The minimum Gasteiger partial charge on any atom is -0.481 e. The van der Waals surface area contributed by atoms with Gasteiger partial charge in [0.2, 0.25) is 0 Å². The lowest BCUT2D eigenvalue weighted by molar-refractivity contribution is -0.136. The van der Waals surface area contributed by atoms with Gasteiger partial charge in [-0.2, -0.15) is 4.98 Å². The molecule has 0 spiro atoms. The number of nitrogens with zero attached hydrogens (tertiary/aromatic N) is 2. The molecule has 14 heavy (non-hydrogen) atoms. The van der Waals surface area contributed by atoms with Crippen molar-refractivity contribution >= 4 is 5.97 Å². The molecule has 0 aromatic carbocycles. The molecule has 0 amide bonds. The van der Waals surface area contributed by atoms with Gasteiger partial charge in [0.05, 0.1) is 6.42 Å². The fourth-order valence-corrected chi connectivity index (χ4v) is 1.30. The average molecular weight is 196 g/mol. The van der Waals surface area contributed by atoms with Crippen LogP contribution < -0.4 is 5.69 Å². The summed E-state index contributed by atoms with van der Waals surface area (Å²) in [6.07, 6.45) is -0.0984. The average Bonchev–Trinajstić information content (AvgIpc) is 2.09. The largest absolute Gasteiger partial charge is 0.481 e. The van der Waals surface area contributed by atoms with Crippen molar-refractivity contribution in [3.05, 3.63) is 27.4 Å². The molecule has 0 fully saturated rings. The third-order valence-electron chi connectivity index (χ3n) is 2.25. The minimum atomic E-state index is -0.920. The zero-order valence-corrected chi connectivity index (χ0v) is 8.37. The van der Waals surface area contributed by atoms with E-state index in [4.69, 9.17) is 5.11 Å². The van der Waals surface area contributed by atoms with E-state index in [1.165, 1.54) is 4.57 Å². The van der Waals surface area contributed by atoms with E-state index >= 15 is 0 Å². The lowest BCUT2D eigenvalue weighted by atomic mass is 10.1. The summed E-state index contributed by atoms with van der Waals surface area (Å²) < 4.78 is 1.35. The van der Waals surface area contributed by atoms with Crippen LogP contribution >= 0.6 is 0 Å². The smallest absolute Gasteiger partial charge is 0.347 e. The quantitative estimate of drug-likeness (QED) is 0.724. The molecule has 0 aliphatic rings. The van der Waals surface area contributed by atoms with Crippen LogP contribution in [0.1, 0.15) is 17.0 Å². The standard InChI is InChI=1S/C9H12N2O3/c1-5-7(4-8(12)13)6(2)11(3)9(14)10-5/h4H2,1-3H3,(H,12,13). The highest BCUT2D eigenvalue weighted by molar-refractivity contribution is 5.70. The van der Waals surface area contributed by atoms with Gasteiger partial charge in [-0.15, -0.1) is 0 Å². The van der Waals surface area contributed by atoms with Gasteiger partial charge in [0.25, 0.3) is 0 Å². The van der Waals surface area contributed by atoms with Gasteiger partial charge in [-0.25, -0.2) is 4.79 Å². The van der Waals surface area contributed by atoms with Gasteiger partial charge in [0, 0.05) is 24.0 Å². The molecule has 1 N–H and O–H groups in total. The molecule has 0 bridgehead atoms. The number of aromatic nitrogens is 2. The maximum absolute atomic E-state index is 11.2. The van der Waals surface area contributed by atoms with E-state index in [1.54, 1.807) is 20.9 Å². The lowest BCUT2D eigenvalue weighted by Gasteiger charge is -2.09. The Morgan fingerprint density at radius 2 is 2.07 bits per heavy atom. The van der Waals surface area contributed by atoms with Crippen LogP contribution in [-0.2, 0) is 18.3 Å². The fraction of sp³-hybridized carbons (Fsp3) is 0.444. The molecular formula is C9H12N2O3. The Kier molecular flexibility index (Phi) is 2.69. The summed E-state index contributed by atoms with van der Waals surface area (Å²) in [5.74, 6) is -0.920. The maximum Gasteiger partial charge on any atom is 0.347 e. The second-order valence-electron chi connectivity index (χ2n) is 3.17. The molecule has 0 radical (unpaired) electrons. The molecule has 5 nitrogen and oxygen atoms in total. The Morgan fingerprint density at radius 1 is 1.50 bits per heavy atom. The van der Waals surface area contributed by atoms with Crippen molar-refractivity contribution in [1.29, 1.82) is 0 Å². The Labute approximate surface area is 81.0 Å². The predicted octanol–water partition coefficient (Wildman–Crippen LogP) is 0.0242. The number of hydrogen-bond donors (Lipinski definition) is 1. The molecule has 1 rings (SSSR count). The second kappa shape index (κ2) is 3.61. The minimum absolute atomic E-state index is 0.0984. The molecule has 0 saturated heterocycles. The zero-order valence-electron chi connectivity index (χ0n) is 8.37. The van der Waals surface area contributed by atoms with Crippen LogP contribution in [0.3, 0.4) is 0 Å². The van der Waals surface area contributed by atoms with Crippen LogP contribution in [0.2, 0.25) is 0 Å². The molecule has 1 aromatic heterocycles. The Bertz CT molecular complexity index is 434. The molecule has 5 heteroatoms. The van der Waals surface area contributed by atoms with E-state index in [-0.39, 0.29) is 12.1 Å². The number of carbonyl (C=O) groups is 1. The molecule has 0 atom stereocenters. The lowest BCUT2D eigenvalue weighted by Crippen LogP contribution is -2.25.